The highest BCUT2D eigenvalue weighted by atomic mass is 19.1. The Hall–Kier alpha value is -1.22. The van der Waals surface area contributed by atoms with E-state index in [0.29, 0.717) is 18.5 Å². The topological polar surface area (TPSA) is 20.3 Å². The first-order chi connectivity index (χ1) is 7.50. The maximum Gasteiger partial charge on any atom is 0.131 e. The molecule has 1 rings (SSSR count). The van der Waals surface area contributed by atoms with Crippen LogP contribution in [-0.2, 0) is 11.3 Å². The van der Waals surface area contributed by atoms with Gasteiger partial charge in [-0.15, -0.1) is 0 Å². The molecule has 0 aliphatic heterocycles. The molecule has 0 saturated carbocycles. The molecule has 88 valence electrons. The minimum absolute atomic E-state index is 0.136. The SMILES string of the molecule is CC(=O)CC(C)N(C)Cc1ccccc1F. The summed E-state index contributed by atoms with van der Waals surface area (Å²) >= 11 is 0. The van der Waals surface area contributed by atoms with E-state index in [1.807, 2.05) is 24.9 Å². The lowest BCUT2D eigenvalue weighted by molar-refractivity contribution is -0.118. The fourth-order valence-corrected chi connectivity index (χ4v) is 1.62. The molecule has 0 radical (unpaired) electrons. The van der Waals surface area contributed by atoms with Gasteiger partial charge in [0.25, 0.3) is 0 Å². The summed E-state index contributed by atoms with van der Waals surface area (Å²) in [5.41, 5.74) is 0.667. The third-order valence-corrected chi connectivity index (χ3v) is 2.71. The molecule has 0 N–H and O–H groups in total. The summed E-state index contributed by atoms with van der Waals surface area (Å²) in [4.78, 5) is 13.0. The van der Waals surface area contributed by atoms with Crippen LogP contribution in [0.1, 0.15) is 25.8 Å². The number of nitrogens with zero attached hydrogens (tertiary/aromatic N) is 1. The van der Waals surface area contributed by atoms with Crippen molar-refractivity contribution >= 4 is 5.78 Å². The number of carbonyl (C=O) groups is 1. The van der Waals surface area contributed by atoms with E-state index in [0.717, 1.165) is 0 Å². The van der Waals surface area contributed by atoms with Gasteiger partial charge in [0.2, 0.25) is 0 Å². The molecule has 0 fully saturated rings. The highest BCUT2D eigenvalue weighted by Gasteiger charge is 2.13. The van der Waals surface area contributed by atoms with E-state index in [2.05, 4.69) is 0 Å². The highest BCUT2D eigenvalue weighted by molar-refractivity contribution is 5.76. The second-order valence-electron chi connectivity index (χ2n) is 4.26. The molecule has 1 aromatic carbocycles. The summed E-state index contributed by atoms with van der Waals surface area (Å²) in [6, 6.07) is 6.86. The van der Waals surface area contributed by atoms with Crippen LogP contribution in [0.4, 0.5) is 4.39 Å². The van der Waals surface area contributed by atoms with Gasteiger partial charge in [0.15, 0.2) is 0 Å². The molecule has 0 amide bonds. The zero-order valence-corrected chi connectivity index (χ0v) is 10.0. The molecular formula is C13H18FNO. The number of ketones is 1. The first kappa shape index (κ1) is 12.8. The molecule has 0 aromatic heterocycles. The molecule has 0 heterocycles. The maximum atomic E-state index is 13.4. The summed E-state index contributed by atoms with van der Waals surface area (Å²) in [5, 5.41) is 0. The molecule has 0 bridgehead atoms. The summed E-state index contributed by atoms with van der Waals surface area (Å²) in [6.07, 6.45) is 0.505. The largest absolute Gasteiger partial charge is 0.300 e. The van der Waals surface area contributed by atoms with Crippen LogP contribution in [0.3, 0.4) is 0 Å². The second kappa shape index (κ2) is 5.75. The molecule has 0 spiro atoms. The first-order valence-corrected chi connectivity index (χ1v) is 5.43. The number of rotatable bonds is 5. The van der Waals surface area contributed by atoms with Gasteiger partial charge in [-0.1, -0.05) is 18.2 Å². The number of hydrogen-bond acceptors (Lipinski definition) is 2. The minimum Gasteiger partial charge on any atom is -0.300 e. The van der Waals surface area contributed by atoms with Crippen molar-refractivity contribution in [1.29, 1.82) is 0 Å². The predicted octanol–water partition coefficient (Wildman–Crippen LogP) is 2.63. The van der Waals surface area contributed by atoms with Crippen molar-refractivity contribution in [1.82, 2.24) is 4.90 Å². The van der Waals surface area contributed by atoms with Gasteiger partial charge < -0.3 is 0 Å². The highest BCUT2D eigenvalue weighted by Crippen LogP contribution is 2.12. The Morgan fingerprint density at radius 1 is 1.44 bits per heavy atom. The van der Waals surface area contributed by atoms with Crippen LogP contribution in [0.15, 0.2) is 24.3 Å². The fourth-order valence-electron chi connectivity index (χ4n) is 1.62. The Labute approximate surface area is 96.1 Å². The van der Waals surface area contributed by atoms with Crippen LogP contribution >= 0.6 is 0 Å². The van der Waals surface area contributed by atoms with E-state index >= 15 is 0 Å². The average molecular weight is 223 g/mol. The third kappa shape index (κ3) is 3.74. The zero-order chi connectivity index (χ0) is 12.1. The first-order valence-electron chi connectivity index (χ1n) is 5.43. The van der Waals surface area contributed by atoms with Gasteiger partial charge in [-0.05, 0) is 27.0 Å². The van der Waals surface area contributed by atoms with Crippen molar-refractivity contribution < 1.29 is 9.18 Å². The van der Waals surface area contributed by atoms with E-state index in [1.54, 1.807) is 19.1 Å². The predicted molar refractivity (Wildman–Crippen MR) is 62.6 cm³/mol. The van der Waals surface area contributed by atoms with Crippen LogP contribution in [0.25, 0.3) is 0 Å². The molecular weight excluding hydrogens is 205 g/mol. The van der Waals surface area contributed by atoms with Gasteiger partial charge in [0.05, 0.1) is 0 Å². The number of hydrogen-bond donors (Lipinski definition) is 0. The quantitative estimate of drug-likeness (QED) is 0.764. The van der Waals surface area contributed by atoms with Gasteiger partial charge in [-0.2, -0.15) is 0 Å². The van der Waals surface area contributed by atoms with Gasteiger partial charge in [0.1, 0.15) is 11.6 Å². The third-order valence-electron chi connectivity index (χ3n) is 2.71. The Kier molecular flexibility index (Phi) is 4.62. The molecule has 1 atom stereocenters. The molecule has 3 heteroatoms. The molecule has 1 unspecified atom stereocenters. The number of Topliss-reactive ketones (excluding diaryl/α,β-unsaturated/α-hetero) is 1. The van der Waals surface area contributed by atoms with Crippen LogP contribution < -0.4 is 0 Å². The van der Waals surface area contributed by atoms with E-state index in [9.17, 15) is 9.18 Å². The molecule has 0 aliphatic carbocycles. The summed E-state index contributed by atoms with van der Waals surface area (Å²) in [5.74, 6) is -0.0303. The van der Waals surface area contributed by atoms with Crippen molar-refractivity contribution in [3.63, 3.8) is 0 Å². The van der Waals surface area contributed by atoms with E-state index < -0.39 is 0 Å². The van der Waals surface area contributed by atoms with Crippen LogP contribution in [0.5, 0.6) is 0 Å². The summed E-state index contributed by atoms with van der Waals surface area (Å²) in [7, 11) is 1.90. The van der Waals surface area contributed by atoms with E-state index in [4.69, 9.17) is 0 Å². The normalized spacial score (nSPS) is 12.8. The molecule has 0 saturated heterocycles. The average Bonchev–Trinajstić information content (AvgIpc) is 2.20. The lowest BCUT2D eigenvalue weighted by Gasteiger charge is -2.23. The standard InChI is InChI=1S/C13H18FNO/c1-10(8-11(2)16)15(3)9-12-6-4-5-7-13(12)14/h4-7,10H,8-9H2,1-3H3. The molecule has 1 aromatic rings. The Morgan fingerprint density at radius 2 is 2.06 bits per heavy atom. The summed E-state index contributed by atoms with van der Waals surface area (Å²) in [6.45, 7) is 4.08. The van der Waals surface area contributed by atoms with E-state index in [1.165, 1.54) is 6.07 Å². The fraction of sp³-hybridized carbons (Fsp3) is 0.462. The molecule has 16 heavy (non-hydrogen) atoms. The van der Waals surface area contributed by atoms with Gasteiger partial charge in [0, 0.05) is 24.6 Å². The smallest absolute Gasteiger partial charge is 0.131 e. The van der Waals surface area contributed by atoms with Crippen molar-refractivity contribution in [2.24, 2.45) is 0 Å². The summed E-state index contributed by atoms with van der Waals surface area (Å²) < 4.78 is 13.4. The van der Waals surface area contributed by atoms with Crippen molar-refractivity contribution in [3.05, 3.63) is 35.6 Å². The van der Waals surface area contributed by atoms with Gasteiger partial charge in [-0.25, -0.2) is 4.39 Å². The minimum atomic E-state index is -0.190. The molecule has 0 aliphatic rings. The van der Waals surface area contributed by atoms with Crippen LogP contribution in [0.2, 0.25) is 0 Å². The number of benzene rings is 1. The second-order valence-corrected chi connectivity index (χ2v) is 4.26. The van der Waals surface area contributed by atoms with Crippen LogP contribution in [0, 0.1) is 5.82 Å². The Morgan fingerprint density at radius 3 is 2.62 bits per heavy atom. The monoisotopic (exact) mass is 223 g/mol. The van der Waals surface area contributed by atoms with Crippen molar-refractivity contribution in [3.8, 4) is 0 Å². The molecule has 2 nitrogen and oxygen atoms in total. The number of carbonyl (C=O) groups excluding carboxylic acids is 1. The van der Waals surface area contributed by atoms with Gasteiger partial charge in [-0.3, -0.25) is 9.69 Å². The zero-order valence-electron chi connectivity index (χ0n) is 10.0. The van der Waals surface area contributed by atoms with Crippen molar-refractivity contribution in [2.45, 2.75) is 32.9 Å². The van der Waals surface area contributed by atoms with E-state index in [-0.39, 0.29) is 17.6 Å². The number of halogens is 1. The maximum absolute atomic E-state index is 13.4. The van der Waals surface area contributed by atoms with Crippen LogP contribution in [-0.4, -0.2) is 23.8 Å². The Bertz CT molecular complexity index is 365. The lowest BCUT2D eigenvalue weighted by atomic mass is 10.1. The lowest BCUT2D eigenvalue weighted by Crippen LogP contribution is -2.30. The van der Waals surface area contributed by atoms with Crippen molar-refractivity contribution in [2.75, 3.05) is 7.05 Å². The Balaban J connectivity index is 2.60. The van der Waals surface area contributed by atoms with Gasteiger partial charge >= 0.3 is 0 Å².